The standard InChI is InChI=1S/C49H63N5O10S/c1-9-45(59)23-29-24-48(43(57)62-7,39-31(14-18-53(25-29)27-45)32-20-30(12-13-35(32)51-39)65-26-38(56)50-4)34-21-33-36(22-37(34)61-6)52(5)41-47(33)16-19-54-17-11-15-46(10-2,40(47)54)42(64-28(3)55)49(41,60)44(58)63-8/h11-13,15,20-22,29,40-42,51,59-60H,9-10,14,16-19,23-27H2,1-8H3,(H,50,56)/t29-,40+,41?,42-,45+,46-,47-,48+,49+/m1/s1. The normalized spacial score (nSPS) is 34.6. The van der Waals surface area contributed by atoms with Crippen LogP contribution < -0.4 is 15.0 Å². The van der Waals surface area contributed by atoms with Gasteiger partial charge in [-0.1, -0.05) is 26.0 Å². The molecule has 6 aliphatic rings. The number of methoxy groups -OCH3 is 3. The van der Waals surface area contributed by atoms with Crippen molar-refractivity contribution < 1.29 is 48.3 Å². The molecule has 0 radical (unpaired) electrons. The molecule has 1 saturated carbocycles. The number of H-pyrrole nitrogens is 1. The van der Waals surface area contributed by atoms with Crippen LogP contribution in [0, 0.1) is 11.3 Å². The number of aromatic nitrogens is 1. The molecule has 3 aromatic rings. The Balaban J connectivity index is 1.34. The van der Waals surface area contributed by atoms with Crippen molar-refractivity contribution in [2.24, 2.45) is 11.3 Å². The first-order chi connectivity index (χ1) is 31.0. The van der Waals surface area contributed by atoms with Crippen molar-refractivity contribution >= 4 is 52.2 Å². The maximum absolute atomic E-state index is 15.6. The number of likely N-dealkylation sites (N-methyl/N-ethyl adjacent to an activating group) is 1. The molecule has 2 saturated heterocycles. The van der Waals surface area contributed by atoms with Gasteiger partial charge in [-0.05, 0) is 86.4 Å². The van der Waals surface area contributed by atoms with E-state index in [1.807, 2.05) is 56.1 Å². The number of nitrogens with zero attached hydrogens (tertiary/aromatic N) is 3. The largest absolute Gasteiger partial charge is 0.496 e. The summed E-state index contributed by atoms with van der Waals surface area (Å²) in [4.78, 5) is 66.8. The molecular formula is C49H63N5O10S. The molecule has 2 bridgehead atoms. The number of ether oxygens (including phenoxy) is 4. The smallest absolute Gasteiger partial charge is 0.344 e. The quantitative estimate of drug-likeness (QED) is 0.0997. The molecule has 16 heteroatoms. The number of anilines is 1. The van der Waals surface area contributed by atoms with Crippen LogP contribution in [0.5, 0.6) is 5.75 Å². The summed E-state index contributed by atoms with van der Waals surface area (Å²) in [5.74, 6) is -1.59. The van der Waals surface area contributed by atoms with Crippen molar-refractivity contribution in [2.45, 2.75) is 104 Å². The summed E-state index contributed by atoms with van der Waals surface area (Å²) < 4.78 is 24.1. The molecule has 1 aromatic heterocycles. The highest BCUT2D eigenvalue weighted by molar-refractivity contribution is 8.00. The minimum Gasteiger partial charge on any atom is -0.496 e. The topological polar surface area (TPSA) is 183 Å². The molecule has 350 valence electrons. The highest BCUT2D eigenvalue weighted by atomic mass is 32.2. The first-order valence-corrected chi connectivity index (χ1v) is 23.9. The van der Waals surface area contributed by atoms with Crippen molar-refractivity contribution in [3.8, 4) is 5.75 Å². The Bertz CT molecular complexity index is 2480. The van der Waals surface area contributed by atoms with Crippen LogP contribution in [-0.2, 0) is 50.6 Å². The van der Waals surface area contributed by atoms with Crippen molar-refractivity contribution in [3.05, 3.63) is 64.9 Å². The van der Waals surface area contributed by atoms with Crippen LogP contribution in [0.4, 0.5) is 5.69 Å². The molecule has 2 unspecified atom stereocenters. The van der Waals surface area contributed by atoms with E-state index >= 15 is 4.79 Å². The van der Waals surface area contributed by atoms with Crippen LogP contribution in [-0.4, -0.2) is 152 Å². The highest BCUT2D eigenvalue weighted by Gasteiger charge is 2.80. The van der Waals surface area contributed by atoms with Gasteiger partial charge in [0.15, 0.2) is 6.10 Å². The Kier molecular flexibility index (Phi) is 11.4. The lowest BCUT2D eigenvalue weighted by molar-refractivity contribution is -0.228. The minimum atomic E-state index is -2.34. The second kappa shape index (κ2) is 16.3. The second-order valence-electron chi connectivity index (χ2n) is 19.3. The number of rotatable bonds is 10. The summed E-state index contributed by atoms with van der Waals surface area (Å²) in [6, 6.07) is 8.77. The van der Waals surface area contributed by atoms with E-state index in [1.165, 1.54) is 32.9 Å². The van der Waals surface area contributed by atoms with Gasteiger partial charge in [-0.15, -0.1) is 11.8 Å². The van der Waals surface area contributed by atoms with Crippen molar-refractivity contribution in [1.29, 1.82) is 0 Å². The zero-order valence-electron chi connectivity index (χ0n) is 38.7. The summed E-state index contributed by atoms with van der Waals surface area (Å²) in [6.07, 6.45) is 5.62. The highest BCUT2D eigenvalue weighted by Crippen LogP contribution is 2.68. The number of nitrogens with one attached hydrogen (secondary N) is 2. The van der Waals surface area contributed by atoms with Crippen molar-refractivity contribution in [2.75, 3.05) is 78.8 Å². The molecule has 15 nitrogen and oxygen atoms in total. The van der Waals surface area contributed by atoms with Gasteiger partial charge in [0.05, 0.1) is 38.7 Å². The maximum Gasteiger partial charge on any atom is 0.344 e. The molecule has 1 amide bonds. The van der Waals surface area contributed by atoms with Crippen LogP contribution in [0.1, 0.15) is 75.3 Å². The lowest BCUT2D eigenvalue weighted by Gasteiger charge is -2.63. The third-order valence-electron chi connectivity index (χ3n) is 16.3. The second-order valence-corrected chi connectivity index (χ2v) is 20.4. The molecule has 9 rings (SSSR count). The number of hydrogen-bond donors (Lipinski definition) is 4. The first kappa shape index (κ1) is 45.5. The molecule has 2 aromatic carbocycles. The van der Waals surface area contributed by atoms with Crippen molar-refractivity contribution in [1.82, 2.24) is 20.1 Å². The fraction of sp³-hybridized carbons (Fsp3) is 0.592. The fourth-order valence-electron chi connectivity index (χ4n) is 13.8. The fourth-order valence-corrected chi connectivity index (χ4v) is 14.7. The number of fused-ring (bicyclic) bond motifs is 6. The van der Waals surface area contributed by atoms with Gasteiger partial charge < -0.3 is 44.4 Å². The van der Waals surface area contributed by atoms with Gasteiger partial charge in [0.1, 0.15) is 11.2 Å². The van der Waals surface area contributed by atoms with E-state index in [1.54, 1.807) is 14.2 Å². The summed E-state index contributed by atoms with van der Waals surface area (Å²) in [5, 5.41) is 29.1. The lowest BCUT2D eigenvalue weighted by atomic mass is 9.47. The van der Waals surface area contributed by atoms with E-state index in [9.17, 15) is 24.6 Å². The van der Waals surface area contributed by atoms with Gasteiger partial charge in [0.25, 0.3) is 0 Å². The number of benzene rings is 2. The minimum absolute atomic E-state index is 0.0871. The molecule has 1 aliphatic carbocycles. The van der Waals surface area contributed by atoms with Crippen molar-refractivity contribution in [3.63, 3.8) is 0 Å². The average Bonchev–Trinajstić information content (AvgIpc) is 3.96. The monoisotopic (exact) mass is 913 g/mol. The predicted octanol–water partition coefficient (Wildman–Crippen LogP) is 3.83. The maximum atomic E-state index is 15.6. The Morgan fingerprint density at radius 3 is 2.42 bits per heavy atom. The summed E-state index contributed by atoms with van der Waals surface area (Å²) in [6.45, 7) is 8.37. The number of carbonyl (C=O) groups is 4. The number of piperidine rings is 1. The molecule has 4 N–H and O–H groups in total. The number of carbonyl (C=O) groups excluding carboxylic acids is 4. The van der Waals surface area contributed by atoms with Crippen LogP contribution in [0.2, 0.25) is 0 Å². The number of aromatic amines is 1. The Morgan fingerprint density at radius 2 is 1.74 bits per heavy atom. The number of esters is 3. The average molecular weight is 914 g/mol. The van der Waals surface area contributed by atoms with E-state index in [0.29, 0.717) is 87.5 Å². The molecule has 5 aliphatic heterocycles. The van der Waals surface area contributed by atoms with Crippen LogP contribution in [0.25, 0.3) is 10.9 Å². The lowest BCUT2D eigenvalue weighted by Crippen LogP contribution is -2.81. The molecule has 65 heavy (non-hydrogen) atoms. The van der Waals surface area contributed by atoms with E-state index in [4.69, 9.17) is 18.9 Å². The van der Waals surface area contributed by atoms with E-state index < -0.39 is 57.5 Å². The predicted molar refractivity (Wildman–Crippen MR) is 245 cm³/mol. The molecular weight excluding hydrogens is 851 g/mol. The Morgan fingerprint density at radius 1 is 0.969 bits per heavy atom. The van der Waals surface area contributed by atoms with Gasteiger partial charge >= 0.3 is 17.9 Å². The summed E-state index contributed by atoms with van der Waals surface area (Å²) in [7, 11) is 7.71. The zero-order chi connectivity index (χ0) is 46.4. The summed E-state index contributed by atoms with van der Waals surface area (Å²) >= 11 is 1.44. The number of thioether (sulfide) groups is 1. The van der Waals surface area contributed by atoms with Crippen LogP contribution in [0.3, 0.4) is 0 Å². The van der Waals surface area contributed by atoms with Crippen LogP contribution >= 0.6 is 11.8 Å². The Hall–Kier alpha value is -4.61. The van der Waals surface area contributed by atoms with Gasteiger partial charge in [-0.2, -0.15) is 0 Å². The molecule has 6 heterocycles. The van der Waals surface area contributed by atoms with Crippen LogP contribution in [0.15, 0.2) is 47.4 Å². The van der Waals surface area contributed by atoms with Gasteiger partial charge in [0, 0.05) is 103 Å². The first-order valence-electron chi connectivity index (χ1n) is 22.9. The van der Waals surface area contributed by atoms with Gasteiger partial charge in [-0.3, -0.25) is 24.2 Å². The van der Waals surface area contributed by atoms with E-state index in [-0.39, 0.29) is 30.0 Å². The molecule has 10 atom stereocenters. The Labute approximate surface area is 384 Å². The number of hydrogen-bond acceptors (Lipinski definition) is 14. The van der Waals surface area contributed by atoms with Gasteiger partial charge in [0.2, 0.25) is 11.5 Å². The third kappa shape index (κ3) is 6.43. The summed E-state index contributed by atoms with van der Waals surface area (Å²) in [5.41, 5.74) is -2.22. The van der Waals surface area contributed by atoms with E-state index in [2.05, 4.69) is 32.2 Å². The SMILES string of the molecule is CC[C@]1(O)C[C@H]2CN(CCc3c([nH]c4ccc(SCC(=O)NC)cc34)[C@@](C(=O)OC)(c3cc4c(cc3OC)N(C)C3[C@]45CCN4CC=C[C@@](CC)([C@@H](OC(C)=O)[C@]3(O)C(=O)OC)[C@H]45)C2)C1. The van der Waals surface area contributed by atoms with E-state index in [0.717, 1.165) is 26.9 Å². The number of aliphatic hydroxyl groups is 2. The molecule has 3 fully saturated rings. The van der Waals surface area contributed by atoms with Gasteiger partial charge in [-0.25, -0.2) is 4.79 Å². The zero-order valence-corrected chi connectivity index (χ0v) is 39.6. The molecule has 1 spiro atoms. The third-order valence-corrected chi connectivity index (χ3v) is 17.3. The number of amides is 1.